The third kappa shape index (κ3) is 2.20. The summed E-state index contributed by atoms with van der Waals surface area (Å²) in [6.07, 6.45) is 3.68. The molecule has 2 aliphatic rings. The van der Waals surface area contributed by atoms with Crippen LogP contribution in [0.5, 0.6) is 0 Å². The van der Waals surface area contributed by atoms with E-state index < -0.39 is 0 Å². The number of methoxy groups -OCH3 is 1. The largest absolute Gasteiger partial charge is 0.465 e. The summed E-state index contributed by atoms with van der Waals surface area (Å²) in [5, 5.41) is 7.50. The lowest BCUT2D eigenvalue weighted by Crippen LogP contribution is -2.31. The van der Waals surface area contributed by atoms with Crippen molar-refractivity contribution in [2.45, 2.75) is 25.3 Å². The van der Waals surface area contributed by atoms with Gasteiger partial charge in [-0.15, -0.1) is 0 Å². The molecule has 0 amide bonds. The number of anilines is 1. The van der Waals surface area contributed by atoms with E-state index in [0.717, 1.165) is 29.7 Å². The lowest BCUT2D eigenvalue weighted by atomic mass is 9.85. The van der Waals surface area contributed by atoms with Gasteiger partial charge in [0.2, 0.25) is 5.95 Å². The van der Waals surface area contributed by atoms with Gasteiger partial charge in [-0.05, 0) is 30.5 Å². The number of nitrogens with one attached hydrogen (secondary N) is 1. The minimum absolute atomic E-state index is 0.131. The Bertz CT molecular complexity index is 851. The summed E-state index contributed by atoms with van der Waals surface area (Å²) in [6, 6.07) is 6.75. The van der Waals surface area contributed by atoms with E-state index in [0.29, 0.717) is 17.9 Å². The second-order valence-electron chi connectivity index (χ2n) is 5.84. The Labute approximate surface area is 138 Å². The van der Waals surface area contributed by atoms with Crippen molar-refractivity contribution in [3.05, 3.63) is 53.0 Å². The zero-order valence-corrected chi connectivity index (χ0v) is 13.2. The molecule has 0 bridgehead atoms. The van der Waals surface area contributed by atoms with Crippen molar-refractivity contribution >= 4 is 17.7 Å². The highest BCUT2D eigenvalue weighted by atomic mass is 16.5. The SMILES string of the molecule is COC(=O)c1ccc([C@@H]2C3=C(CCCC3=O)Nc3ncnn32)cc1. The first-order valence-corrected chi connectivity index (χ1v) is 7.80. The van der Waals surface area contributed by atoms with Gasteiger partial charge in [-0.1, -0.05) is 12.1 Å². The molecule has 7 heteroatoms. The number of carbonyl (C=O) groups excluding carboxylic acids is 2. The van der Waals surface area contributed by atoms with Crippen LogP contribution in [0.4, 0.5) is 5.95 Å². The predicted molar refractivity (Wildman–Crippen MR) is 85.4 cm³/mol. The Morgan fingerprint density at radius 2 is 2.08 bits per heavy atom. The number of Topliss-reactive ketones (excluding diaryl/α,β-unsaturated/α-hetero) is 1. The van der Waals surface area contributed by atoms with Crippen LogP contribution in [-0.4, -0.2) is 33.6 Å². The fourth-order valence-corrected chi connectivity index (χ4v) is 3.32. The highest BCUT2D eigenvalue weighted by molar-refractivity contribution is 5.99. The number of carbonyl (C=O) groups is 2. The highest BCUT2D eigenvalue weighted by Crippen LogP contribution is 2.39. The van der Waals surface area contributed by atoms with Crippen molar-refractivity contribution in [2.75, 3.05) is 12.4 Å². The van der Waals surface area contributed by atoms with E-state index in [1.54, 1.807) is 16.8 Å². The molecular formula is C17H16N4O3. The number of ketones is 1. The fraction of sp³-hybridized carbons (Fsp3) is 0.294. The van der Waals surface area contributed by atoms with Gasteiger partial charge in [0.05, 0.1) is 12.7 Å². The van der Waals surface area contributed by atoms with Crippen molar-refractivity contribution in [1.29, 1.82) is 0 Å². The summed E-state index contributed by atoms with van der Waals surface area (Å²) in [4.78, 5) is 28.4. The number of aromatic nitrogens is 3. The van der Waals surface area contributed by atoms with Gasteiger partial charge >= 0.3 is 5.97 Å². The zero-order chi connectivity index (χ0) is 16.7. The molecule has 4 rings (SSSR count). The Hall–Kier alpha value is -2.96. The van der Waals surface area contributed by atoms with Crippen LogP contribution in [0.25, 0.3) is 0 Å². The zero-order valence-electron chi connectivity index (χ0n) is 13.2. The standard InChI is InChI=1S/C17H16N4O3/c1-24-16(23)11-7-5-10(6-8-11)15-14-12(3-2-4-13(14)22)20-17-18-9-19-21(15)17/h5-9,15H,2-4H2,1H3,(H,18,19,20)/t15-/m1/s1. The maximum absolute atomic E-state index is 12.5. The average molecular weight is 324 g/mol. The maximum atomic E-state index is 12.5. The fourth-order valence-electron chi connectivity index (χ4n) is 3.32. The van der Waals surface area contributed by atoms with Crippen LogP contribution in [0.3, 0.4) is 0 Å². The number of benzene rings is 1. The molecule has 24 heavy (non-hydrogen) atoms. The molecule has 0 unspecified atom stereocenters. The molecule has 0 spiro atoms. The van der Waals surface area contributed by atoms with Crippen LogP contribution in [0, 0.1) is 0 Å². The average Bonchev–Trinajstić information content (AvgIpc) is 3.08. The van der Waals surface area contributed by atoms with Crippen molar-refractivity contribution in [3.8, 4) is 0 Å². The summed E-state index contributed by atoms with van der Waals surface area (Å²) in [5.41, 5.74) is 3.02. The molecule has 1 aromatic carbocycles. The van der Waals surface area contributed by atoms with E-state index in [9.17, 15) is 9.59 Å². The third-order valence-electron chi connectivity index (χ3n) is 4.46. The van der Waals surface area contributed by atoms with Crippen molar-refractivity contribution in [1.82, 2.24) is 14.8 Å². The molecule has 1 aliphatic heterocycles. The van der Waals surface area contributed by atoms with E-state index in [1.807, 2.05) is 12.1 Å². The van der Waals surface area contributed by atoms with Crippen LogP contribution in [-0.2, 0) is 9.53 Å². The van der Waals surface area contributed by atoms with Crippen LogP contribution in [0.2, 0.25) is 0 Å². The van der Waals surface area contributed by atoms with Gasteiger partial charge in [-0.3, -0.25) is 4.79 Å². The van der Waals surface area contributed by atoms with Gasteiger partial charge in [0, 0.05) is 17.7 Å². The quantitative estimate of drug-likeness (QED) is 0.851. The van der Waals surface area contributed by atoms with Gasteiger partial charge in [-0.25, -0.2) is 9.48 Å². The number of allylic oxidation sites excluding steroid dienone is 2. The predicted octanol–water partition coefficient (Wildman–Crippen LogP) is 2.09. The molecule has 0 saturated heterocycles. The lowest BCUT2D eigenvalue weighted by molar-refractivity contribution is -0.116. The van der Waals surface area contributed by atoms with Crippen molar-refractivity contribution in [2.24, 2.45) is 0 Å². The first-order valence-electron chi connectivity index (χ1n) is 7.80. The monoisotopic (exact) mass is 324 g/mol. The maximum Gasteiger partial charge on any atom is 0.337 e. The van der Waals surface area contributed by atoms with Crippen molar-refractivity contribution in [3.63, 3.8) is 0 Å². The number of hydrogen-bond acceptors (Lipinski definition) is 6. The Morgan fingerprint density at radius 1 is 1.29 bits per heavy atom. The van der Waals surface area contributed by atoms with Gasteiger partial charge < -0.3 is 10.1 Å². The van der Waals surface area contributed by atoms with Gasteiger partial charge in [0.15, 0.2) is 5.78 Å². The van der Waals surface area contributed by atoms with Gasteiger partial charge in [-0.2, -0.15) is 10.1 Å². The lowest BCUT2D eigenvalue weighted by Gasteiger charge is -2.32. The second kappa shape index (κ2) is 5.59. The summed E-state index contributed by atoms with van der Waals surface area (Å²) in [7, 11) is 1.35. The number of rotatable bonds is 2. The Balaban J connectivity index is 1.81. The molecule has 0 saturated carbocycles. The van der Waals surface area contributed by atoms with Gasteiger partial charge in [0.1, 0.15) is 12.4 Å². The normalized spacial score (nSPS) is 19.4. The summed E-state index contributed by atoms with van der Waals surface area (Å²) in [5.74, 6) is 0.374. The first-order chi connectivity index (χ1) is 11.7. The first kappa shape index (κ1) is 14.6. The summed E-state index contributed by atoms with van der Waals surface area (Å²) in [6.45, 7) is 0. The van der Waals surface area contributed by atoms with Crippen molar-refractivity contribution < 1.29 is 14.3 Å². The van der Waals surface area contributed by atoms with Crippen LogP contribution in [0.1, 0.15) is 41.2 Å². The van der Waals surface area contributed by atoms with E-state index in [2.05, 4.69) is 15.4 Å². The number of nitrogens with zero attached hydrogens (tertiary/aromatic N) is 3. The molecule has 122 valence electrons. The number of fused-ring (bicyclic) bond motifs is 1. The molecule has 1 N–H and O–H groups in total. The molecule has 7 nitrogen and oxygen atoms in total. The molecule has 2 heterocycles. The third-order valence-corrected chi connectivity index (χ3v) is 4.46. The second-order valence-corrected chi connectivity index (χ2v) is 5.84. The van der Waals surface area contributed by atoms with Crippen LogP contribution in [0.15, 0.2) is 41.9 Å². The summed E-state index contributed by atoms with van der Waals surface area (Å²) < 4.78 is 6.45. The van der Waals surface area contributed by atoms with E-state index >= 15 is 0 Å². The number of hydrogen-bond donors (Lipinski definition) is 1. The van der Waals surface area contributed by atoms with Crippen LogP contribution >= 0.6 is 0 Å². The number of esters is 1. The molecule has 0 radical (unpaired) electrons. The highest BCUT2D eigenvalue weighted by Gasteiger charge is 2.35. The molecule has 1 aliphatic carbocycles. The Kier molecular flexibility index (Phi) is 3.41. The van der Waals surface area contributed by atoms with Crippen LogP contribution < -0.4 is 5.32 Å². The smallest absolute Gasteiger partial charge is 0.337 e. The molecular weight excluding hydrogens is 308 g/mol. The minimum atomic E-state index is -0.387. The van der Waals surface area contributed by atoms with E-state index in [-0.39, 0.29) is 17.8 Å². The molecule has 0 fully saturated rings. The topological polar surface area (TPSA) is 86.1 Å². The Morgan fingerprint density at radius 3 is 2.83 bits per heavy atom. The van der Waals surface area contributed by atoms with Gasteiger partial charge in [0.25, 0.3) is 0 Å². The van der Waals surface area contributed by atoms with E-state index in [4.69, 9.17) is 4.74 Å². The summed E-state index contributed by atoms with van der Waals surface area (Å²) >= 11 is 0. The molecule has 1 aromatic heterocycles. The minimum Gasteiger partial charge on any atom is -0.465 e. The van der Waals surface area contributed by atoms with E-state index in [1.165, 1.54) is 13.4 Å². The molecule has 2 aromatic rings. The number of ether oxygens (including phenoxy) is 1. The molecule has 1 atom stereocenters.